The molecule has 2 heterocycles. The lowest BCUT2D eigenvalue weighted by atomic mass is 9.93. The van der Waals surface area contributed by atoms with Crippen LogP contribution in [0.25, 0.3) is 11.2 Å². The maximum absolute atomic E-state index is 6.02. The molecule has 0 spiro atoms. The van der Waals surface area contributed by atoms with Gasteiger partial charge in [0.05, 0.1) is 10.7 Å². The number of fused-ring (bicyclic) bond motifs is 1. The van der Waals surface area contributed by atoms with E-state index in [-0.39, 0.29) is 0 Å². The highest BCUT2D eigenvalue weighted by atomic mass is 35.5. The van der Waals surface area contributed by atoms with Crippen LogP contribution in [0.3, 0.4) is 0 Å². The highest BCUT2D eigenvalue weighted by molar-refractivity contribution is 6.31. The van der Waals surface area contributed by atoms with Crippen molar-refractivity contribution in [2.45, 2.75) is 32.2 Å². The lowest BCUT2D eigenvalue weighted by Crippen LogP contribution is -2.19. The van der Waals surface area contributed by atoms with E-state index in [0.717, 1.165) is 16.9 Å². The van der Waals surface area contributed by atoms with Crippen molar-refractivity contribution in [1.82, 2.24) is 14.5 Å². The van der Waals surface area contributed by atoms with Crippen molar-refractivity contribution in [2.75, 3.05) is 5.73 Å². The molecule has 0 aliphatic heterocycles. The Morgan fingerprint density at radius 3 is 2.81 bits per heavy atom. The highest BCUT2D eigenvalue weighted by Crippen LogP contribution is 2.36. The summed E-state index contributed by atoms with van der Waals surface area (Å²) in [5, 5.41) is 0.644. The average molecular weight is 237 g/mol. The molecule has 2 aromatic rings. The largest absolute Gasteiger partial charge is 0.369 e. The van der Waals surface area contributed by atoms with E-state index in [2.05, 4.69) is 9.97 Å². The number of anilines is 1. The average Bonchev–Trinajstić information content (AvgIpc) is 2.43. The van der Waals surface area contributed by atoms with Crippen LogP contribution in [0.4, 0.5) is 5.95 Å². The van der Waals surface area contributed by atoms with Crippen LogP contribution in [0.1, 0.15) is 31.0 Å². The van der Waals surface area contributed by atoms with Crippen LogP contribution in [-0.4, -0.2) is 14.5 Å². The van der Waals surface area contributed by atoms with E-state index < -0.39 is 0 Å². The van der Waals surface area contributed by atoms with Crippen LogP contribution in [0.5, 0.6) is 0 Å². The topological polar surface area (TPSA) is 56.7 Å². The number of hydrogen-bond donors (Lipinski definition) is 1. The van der Waals surface area contributed by atoms with Crippen molar-refractivity contribution in [2.24, 2.45) is 0 Å². The first-order valence-corrected chi connectivity index (χ1v) is 5.85. The molecule has 3 rings (SSSR count). The summed E-state index contributed by atoms with van der Waals surface area (Å²) in [5.41, 5.74) is 8.42. The Morgan fingerprint density at radius 2 is 2.19 bits per heavy atom. The van der Waals surface area contributed by atoms with Crippen LogP contribution in [0.15, 0.2) is 6.07 Å². The van der Waals surface area contributed by atoms with Gasteiger partial charge in [-0.1, -0.05) is 11.6 Å². The maximum atomic E-state index is 6.02. The van der Waals surface area contributed by atoms with Crippen LogP contribution in [0.2, 0.25) is 5.02 Å². The molecule has 16 heavy (non-hydrogen) atoms. The first-order valence-electron chi connectivity index (χ1n) is 5.47. The molecule has 0 unspecified atom stereocenters. The number of rotatable bonds is 1. The van der Waals surface area contributed by atoms with Gasteiger partial charge in [-0.2, -0.15) is 0 Å². The molecule has 1 saturated carbocycles. The van der Waals surface area contributed by atoms with Gasteiger partial charge in [0.2, 0.25) is 5.95 Å². The van der Waals surface area contributed by atoms with Gasteiger partial charge in [-0.15, -0.1) is 0 Å². The summed E-state index contributed by atoms with van der Waals surface area (Å²) in [7, 11) is 0. The second-order valence-corrected chi connectivity index (χ2v) is 4.73. The number of imidazole rings is 1. The lowest BCUT2D eigenvalue weighted by molar-refractivity contribution is 0.322. The van der Waals surface area contributed by atoms with Crippen LogP contribution < -0.4 is 5.73 Å². The summed E-state index contributed by atoms with van der Waals surface area (Å²) in [6.07, 6.45) is 3.59. The zero-order valence-corrected chi connectivity index (χ0v) is 9.83. The van der Waals surface area contributed by atoms with E-state index in [9.17, 15) is 0 Å². The second kappa shape index (κ2) is 3.35. The summed E-state index contributed by atoms with van der Waals surface area (Å²) >= 11 is 6.02. The van der Waals surface area contributed by atoms with E-state index in [1.807, 2.05) is 17.6 Å². The molecule has 4 nitrogen and oxygen atoms in total. The molecule has 2 N–H and O–H groups in total. The molecule has 1 aliphatic rings. The molecular weight excluding hydrogens is 224 g/mol. The van der Waals surface area contributed by atoms with Crippen LogP contribution in [-0.2, 0) is 0 Å². The lowest BCUT2D eigenvalue weighted by Gasteiger charge is -2.27. The number of halogens is 1. The zero-order chi connectivity index (χ0) is 11.3. The van der Waals surface area contributed by atoms with Gasteiger partial charge in [-0.3, -0.25) is 4.57 Å². The Balaban J connectivity index is 2.26. The first-order chi connectivity index (χ1) is 7.66. The van der Waals surface area contributed by atoms with Gasteiger partial charge in [0, 0.05) is 6.04 Å². The highest BCUT2D eigenvalue weighted by Gasteiger charge is 2.24. The second-order valence-electron chi connectivity index (χ2n) is 4.32. The van der Waals surface area contributed by atoms with Gasteiger partial charge in [0.1, 0.15) is 5.52 Å². The number of aryl methyl sites for hydroxylation is 1. The monoisotopic (exact) mass is 236 g/mol. The fraction of sp³-hybridized carbons (Fsp3) is 0.455. The summed E-state index contributed by atoms with van der Waals surface area (Å²) in [5.74, 6) is 0.550. The zero-order valence-electron chi connectivity index (χ0n) is 9.07. The summed E-state index contributed by atoms with van der Waals surface area (Å²) in [4.78, 5) is 8.80. The SMILES string of the molecule is Cc1nc2c(cc1Cl)nc(N)n2C1CCC1. The predicted octanol–water partition coefficient (Wildman–Crippen LogP) is 2.70. The van der Waals surface area contributed by atoms with Crippen molar-refractivity contribution in [3.63, 3.8) is 0 Å². The molecule has 0 bridgehead atoms. The smallest absolute Gasteiger partial charge is 0.202 e. The van der Waals surface area contributed by atoms with Crippen molar-refractivity contribution in [1.29, 1.82) is 0 Å². The number of nitrogen functional groups attached to an aromatic ring is 1. The minimum Gasteiger partial charge on any atom is -0.369 e. The molecule has 0 saturated heterocycles. The van der Waals surface area contributed by atoms with Crippen molar-refractivity contribution < 1.29 is 0 Å². The van der Waals surface area contributed by atoms with E-state index in [4.69, 9.17) is 17.3 Å². The molecular formula is C11H13ClN4. The Kier molecular flexibility index (Phi) is 2.07. The number of nitrogens with zero attached hydrogens (tertiary/aromatic N) is 3. The van der Waals surface area contributed by atoms with Gasteiger partial charge in [0.25, 0.3) is 0 Å². The summed E-state index contributed by atoms with van der Waals surface area (Å²) in [6, 6.07) is 2.31. The van der Waals surface area contributed by atoms with E-state index in [0.29, 0.717) is 17.0 Å². The van der Waals surface area contributed by atoms with Gasteiger partial charge < -0.3 is 5.73 Å². The predicted molar refractivity (Wildman–Crippen MR) is 64.6 cm³/mol. The Hall–Kier alpha value is -1.29. The van der Waals surface area contributed by atoms with Gasteiger partial charge in [0.15, 0.2) is 5.65 Å². The molecule has 2 aromatic heterocycles. The molecule has 0 radical (unpaired) electrons. The standard InChI is InChI=1S/C11H13ClN4/c1-6-8(12)5-9-10(14-6)16(11(13)15-9)7-3-2-4-7/h5,7H,2-4H2,1H3,(H2,13,15). The van der Waals surface area contributed by atoms with Crippen molar-refractivity contribution >= 4 is 28.7 Å². The Labute approximate surface area is 98.4 Å². The first kappa shape index (κ1) is 9.90. The molecule has 84 valence electrons. The number of pyridine rings is 1. The number of aromatic nitrogens is 3. The molecule has 0 atom stereocenters. The van der Waals surface area contributed by atoms with Gasteiger partial charge >= 0.3 is 0 Å². The summed E-state index contributed by atoms with van der Waals surface area (Å²) in [6.45, 7) is 1.90. The van der Waals surface area contributed by atoms with E-state index >= 15 is 0 Å². The van der Waals surface area contributed by atoms with E-state index in [1.54, 1.807) is 0 Å². The number of hydrogen-bond acceptors (Lipinski definition) is 3. The third-order valence-electron chi connectivity index (χ3n) is 3.26. The maximum Gasteiger partial charge on any atom is 0.202 e. The quantitative estimate of drug-likeness (QED) is 0.828. The van der Waals surface area contributed by atoms with Crippen molar-refractivity contribution in [3.8, 4) is 0 Å². The van der Waals surface area contributed by atoms with Gasteiger partial charge in [-0.25, -0.2) is 9.97 Å². The molecule has 1 fully saturated rings. The Bertz CT molecular complexity index is 557. The molecule has 5 heteroatoms. The Morgan fingerprint density at radius 1 is 1.44 bits per heavy atom. The van der Waals surface area contributed by atoms with Gasteiger partial charge in [-0.05, 0) is 32.3 Å². The minimum absolute atomic E-state index is 0.470. The summed E-state index contributed by atoms with van der Waals surface area (Å²) < 4.78 is 2.04. The van der Waals surface area contributed by atoms with Crippen LogP contribution >= 0.6 is 11.6 Å². The fourth-order valence-corrected chi connectivity index (χ4v) is 2.25. The molecule has 0 aromatic carbocycles. The third kappa shape index (κ3) is 1.29. The van der Waals surface area contributed by atoms with E-state index in [1.165, 1.54) is 19.3 Å². The molecule has 0 amide bonds. The number of nitrogens with two attached hydrogens (primary N) is 1. The third-order valence-corrected chi connectivity index (χ3v) is 3.64. The minimum atomic E-state index is 0.470. The van der Waals surface area contributed by atoms with Crippen molar-refractivity contribution in [3.05, 3.63) is 16.8 Å². The normalized spacial score (nSPS) is 16.6. The molecule has 1 aliphatic carbocycles. The fourth-order valence-electron chi connectivity index (χ4n) is 2.11. The van der Waals surface area contributed by atoms with Crippen LogP contribution in [0, 0.1) is 6.92 Å².